The van der Waals surface area contributed by atoms with Crippen LogP contribution in [0.5, 0.6) is 0 Å². The standard InChI is InChI=1S/C18H21BrN2O2/c1-18(2,3)21(11-14-7-5-4-6-8-14)17(23)13-20-12-15(19)9-10-16(20)22/h4-10,12H,11,13H2,1-3H3. The van der Waals surface area contributed by atoms with Crippen LogP contribution in [0.3, 0.4) is 0 Å². The van der Waals surface area contributed by atoms with Gasteiger partial charge in [0, 0.05) is 28.8 Å². The summed E-state index contributed by atoms with van der Waals surface area (Å²) < 4.78 is 2.20. The van der Waals surface area contributed by atoms with Gasteiger partial charge in [-0.05, 0) is 48.3 Å². The molecular formula is C18H21BrN2O2. The molecule has 0 radical (unpaired) electrons. The van der Waals surface area contributed by atoms with Gasteiger partial charge in [0.25, 0.3) is 5.56 Å². The molecule has 5 heteroatoms. The van der Waals surface area contributed by atoms with Gasteiger partial charge in [0.15, 0.2) is 0 Å². The summed E-state index contributed by atoms with van der Waals surface area (Å²) in [5.41, 5.74) is 0.551. The first kappa shape index (κ1) is 17.5. The van der Waals surface area contributed by atoms with Crippen molar-refractivity contribution < 1.29 is 4.79 Å². The average Bonchev–Trinajstić information content (AvgIpc) is 2.48. The van der Waals surface area contributed by atoms with Crippen LogP contribution in [0.2, 0.25) is 0 Å². The van der Waals surface area contributed by atoms with Gasteiger partial charge in [-0.25, -0.2) is 0 Å². The predicted molar refractivity (Wildman–Crippen MR) is 95.1 cm³/mol. The van der Waals surface area contributed by atoms with Gasteiger partial charge < -0.3 is 9.47 Å². The van der Waals surface area contributed by atoms with Crippen LogP contribution in [-0.4, -0.2) is 20.9 Å². The second kappa shape index (κ2) is 7.13. The Morgan fingerprint density at radius 2 is 1.78 bits per heavy atom. The molecule has 0 aliphatic carbocycles. The second-order valence-electron chi connectivity index (χ2n) is 6.45. The Morgan fingerprint density at radius 1 is 1.13 bits per heavy atom. The topological polar surface area (TPSA) is 42.3 Å². The van der Waals surface area contributed by atoms with Gasteiger partial charge >= 0.3 is 0 Å². The number of carbonyl (C=O) groups is 1. The molecule has 0 bridgehead atoms. The molecule has 4 nitrogen and oxygen atoms in total. The largest absolute Gasteiger partial charge is 0.332 e. The Labute approximate surface area is 144 Å². The zero-order valence-electron chi connectivity index (χ0n) is 13.6. The molecule has 0 fully saturated rings. The van der Waals surface area contributed by atoms with Gasteiger partial charge in [0.2, 0.25) is 5.91 Å². The van der Waals surface area contributed by atoms with E-state index in [9.17, 15) is 9.59 Å². The van der Waals surface area contributed by atoms with Crippen LogP contribution in [0.15, 0.2) is 57.9 Å². The Hall–Kier alpha value is -1.88. The quantitative estimate of drug-likeness (QED) is 0.819. The SMILES string of the molecule is CC(C)(C)N(Cc1ccccc1)C(=O)Cn1cc(Br)ccc1=O. The van der Waals surface area contributed by atoms with E-state index in [1.54, 1.807) is 17.2 Å². The first-order valence-electron chi connectivity index (χ1n) is 7.48. The van der Waals surface area contributed by atoms with Crippen molar-refractivity contribution in [2.24, 2.45) is 0 Å². The van der Waals surface area contributed by atoms with Crippen LogP contribution in [0.25, 0.3) is 0 Å². The van der Waals surface area contributed by atoms with Crippen LogP contribution < -0.4 is 5.56 Å². The minimum absolute atomic E-state index is 0.0301. The van der Waals surface area contributed by atoms with Crippen LogP contribution in [0.1, 0.15) is 26.3 Å². The van der Waals surface area contributed by atoms with Crippen LogP contribution >= 0.6 is 15.9 Å². The van der Waals surface area contributed by atoms with Crippen molar-refractivity contribution in [1.29, 1.82) is 0 Å². The number of hydrogen-bond donors (Lipinski definition) is 0. The highest BCUT2D eigenvalue weighted by molar-refractivity contribution is 9.10. The number of pyridine rings is 1. The first-order valence-corrected chi connectivity index (χ1v) is 8.27. The highest BCUT2D eigenvalue weighted by Gasteiger charge is 2.26. The molecule has 0 aliphatic rings. The maximum Gasteiger partial charge on any atom is 0.251 e. The van der Waals surface area contributed by atoms with Gasteiger partial charge in [0.05, 0.1) is 0 Å². The van der Waals surface area contributed by atoms with Crippen molar-refractivity contribution in [2.45, 2.75) is 39.4 Å². The number of aromatic nitrogens is 1. The number of amides is 1. The third kappa shape index (κ3) is 4.79. The predicted octanol–water partition coefficient (Wildman–Crippen LogP) is 3.44. The van der Waals surface area contributed by atoms with Gasteiger partial charge in [-0.3, -0.25) is 9.59 Å². The summed E-state index contributed by atoms with van der Waals surface area (Å²) in [7, 11) is 0. The Kier molecular flexibility index (Phi) is 5.42. The molecule has 2 rings (SSSR count). The summed E-state index contributed by atoms with van der Waals surface area (Å²) in [5, 5.41) is 0. The smallest absolute Gasteiger partial charge is 0.251 e. The van der Waals surface area contributed by atoms with E-state index in [0.717, 1.165) is 10.0 Å². The van der Waals surface area contributed by atoms with E-state index >= 15 is 0 Å². The monoisotopic (exact) mass is 376 g/mol. The first-order chi connectivity index (χ1) is 10.8. The highest BCUT2D eigenvalue weighted by atomic mass is 79.9. The molecule has 122 valence electrons. The summed E-state index contributed by atoms with van der Waals surface area (Å²) >= 11 is 3.33. The third-order valence-electron chi connectivity index (χ3n) is 3.55. The zero-order chi connectivity index (χ0) is 17.0. The molecule has 0 atom stereocenters. The van der Waals surface area contributed by atoms with Crippen LogP contribution in [-0.2, 0) is 17.9 Å². The second-order valence-corrected chi connectivity index (χ2v) is 7.37. The van der Waals surface area contributed by atoms with E-state index in [4.69, 9.17) is 0 Å². The Morgan fingerprint density at radius 3 is 2.39 bits per heavy atom. The van der Waals surface area contributed by atoms with Crippen LogP contribution in [0, 0.1) is 0 Å². The number of benzene rings is 1. The van der Waals surface area contributed by atoms with Crippen molar-refractivity contribution in [3.63, 3.8) is 0 Å². The normalized spacial score (nSPS) is 11.3. The van der Waals surface area contributed by atoms with Gasteiger partial charge in [-0.15, -0.1) is 0 Å². The van der Waals surface area contributed by atoms with Gasteiger partial charge in [0.1, 0.15) is 6.54 Å². The zero-order valence-corrected chi connectivity index (χ0v) is 15.2. The summed E-state index contributed by atoms with van der Waals surface area (Å²) in [4.78, 5) is 26.5. The van der Waals surface area contributed by atoms with E-state index in [1.165, 1.54) is 10.6 Å². The molecule has 0 unspecified atom stereocenters. The highest BCUT2D eigenvalue weighted by Crippen LogP contribution is 2.18. The fourth-order valence-corrected chi connectivity index (χ4v) is 2.70. The van der Waals surface area contributed by atoms with E-state index in [1.807, 2.05) is 51.1 Å². The molecule has 1 aromatic carbocycles. The maximum absolute atomic E-state index is 12.8. The maximum atomic E-state index is 12.8. The average molecular weight is 377 g/mol. The molecular weight excluding hydrogens is 356 g/mol. The summed E-state index contributed by atoms with van der Waals surface area (Å²) in [6, 6.07) is 13.0. The lowest BCUT2D eigenvalue weighted by Crippen LogP contribution is -2.47. The van der Waals surface area contributed by atoms with E-state index in [-0.39, 0.29) is 23.6 Å². The summed E-state index contributed by atoms with van der Waals surface area (Å²) in [5.74, 6) is -0.0819. The number of halogens is 1. The molecule has 1 aromatic heterocycles. The summed E-state index contributed by atoms with van der Waals surface area (Å²) in [6.07, 6.45) is 1.64. The molecule has 0 aliphatic heterocycles. The molecule has 0 spiro atoms. The lowest BCUT2D eigenvalue weighted by molar-refractivity contribution is -0.137. The van der Waals surface area contributed by atoms with E-state index in [0.29, 0.717) is 6.54 Å². The number of hydrogen-bond acceptors (Lipinski definition) is 2. The molecule has 1 heterocycles. The fraction of sp³-hybridized carbons (Fsp3) is 0.333. The van der Waals surface area contributed by atoms with E-state index in [2.05, 4.69) is 15.9 Å². The molecule has 1 amide bonds. The van der Waals surface area contributed by atoms with Crippen molar-refractivity contribution >= 4 is 21.8 Å². The molecule has 0 saturated heterocycles. The van der Waals surface area contributed by atoms with Gasteiger partial charge in [-0.2, -0.15) is 0 Å². The Bertz CT molecular complexity index is 733. The van der Waals surface area contributed by atoms with Crippen LogP contribution in [0.4, 0.5) is 0 Å². The van der Waals surface area contributed by atoms with Gasteiger partial charge in [-0.1, -0.05) is 30.3 Å². The number of rotatable bonds is 4. The summed E-state index contributed by atoms with van der Waals surface area (Å²) in [6.45, 7) is 6.54. The Balaban J connectivity index is 2.24. The van der Waals surface area contributed by atoms with Crippen molar-refractivity contribution in [3.8, 4) is 0 Å². The number of nitrogens with zero attached hydrogens (tertiary/aromatic N) is 2. The van der Waals surface area contributed by atoms with Crippen molar-refractivity contribution in [3.05, 3.63) is 69.1 Å². The van der Waals surface area contributed by atoms with Crippen molar-refractivity contribution in [1.82, 2.24) is 9.47 Å². The molecule has 0 saturated carbocycles. The third-order valence-corrected chi connectivity index (χ3v) is 4.02. The minimum Gasteiger partial charge on any atom is -0.332 e. The fourth-order valence-electron chi connectivity index (χ4n) is 2.32. The minimum atomic E-state index is -0.331. The molecule has 2 aromatic rings. The molecule has 0 N–H and O–H groups in total. The van der Waals surface area contributed by atoms with Crippen molar-refractivity contribution in [2.75, 3.05) is 0 Å². The lowest BCUT2D eigenvalue weighted by Gasteiger charge is -2.36. The van der Waals surface area contributed by atoms with E-state index < -0.39 is 0 Å². The molecule has 23 heavy (non-hydrogen) atoms. The number of carbonyl (C=O) groups excluding carboxylic acids is 1. The lowest BCUT2D eigenvalue weighted by atomic mass is 10.0.